The lowest BCUT2D eigenvalue weighted by Crippen LogP contribution is -2.31. The molecule has 0 aliphatic heterocycles. The molecule has 0 saturated carbocycles. The maximum absolute atomic E-state index is 10.2. The summed E-state index contributed by atoms with van der Waals surface area (Å²) in [7, 11) is 5.56. The summed E-state index contributed by atoms with van der Waals surface area (Å²) in [4.78, 5) is 6.76. The monoisotopic (exact) mass is 387 g/mol. The van der Waals surface area contributed by atoms with Gasteiger partial charge in [-0.3, -0.25) is 0 Å². The summed E-state index contributed by atoms with van der Waals surface area (Å²) in [5.41, 5.74) is 3.80. The van der Waals surface area contributed by atoms with Gasteiger partial charge in [0.15, 0.2) is 0 Å². The number of ether oxygens (including phenoxy) is 1. The number of halogens is 1. The van der Waals surface area contributed by atoms with Gasteiger partial charge < -0.3 is 20.1 Å². The second kappa shape index (κ2) is 9.55. The predicted molar refractivity (Wildman–Crippen MR) is 114 cm³/mol. The third kappa shape index (κ3) is 5.32. The third-order valence-corrected chi connectivity index (χ3v) is 4.21. The van der Waals surface area contributed by atoms with Crippen LogP contribution in [0.2, 0.25) is 0 Å². The molecular weight excluding hydrogens is 362 g/mol. The first-order valence-electron chi connectivity index (χ1n) is 8.67. The first-order chi connectivity index (χ1) is 12.6. The Labute approximate surface area is 166 Å². The van der Waals surface area contributed by atoms with Crippen LogP contribution in [0.15, 0.2) is 54.6 Å². The van der Waals surface area contributed by atoms with Gasteiger partial charge in [0, 0.05) is 29.7 Å². The van der Waals surface area contributed by atoms with E-state index in [-0.39, 0.29) is 12.4 Å². The molecule has 2 N–H and O–H groups in total. The highest BCUT2D eigenvalue weighted by Gasteiger charge is 2.10. The summed E-state index contributed by atoms with van der Waals surface area (Å²) >= 11 is 0. The molecular formula is C21H26ClN3O2. The highest BCUT2D eigenvalue weighted by molar-refractivity contribution is 5.93. The second-order valence-electron chi connectivity index (χ2n) is 6.60. The zero-order valence-corrected chi connectivity index (χ0v) is 16.7. The van der Waals surface area contributed by atoms with Gasteiger partial charge >= 0.3 is 0 Å². The summed E-state index contributed by atoms with van der Waals surface area (Å²) in [6.45, 7) is 1.09. The number of hydrogen-bond acceptors (Lipinski definition) is 5. The van der Waals surface area contributed by atoms with E-state index in [9.17, 15) is 5.11 Å². The van der Waals surface area contributed by atoms with Crippen molar-refractivity contribution in [2.75, 3.05) is 39.6 Å². The molecule has 6 heteroatoms. The van der Waals surface area contributed by atoms with E-state index in [0.29, 0.717) is 13.1 Å². The number of hydrogen-bond donors (Lipinski definition) is 2. The Morgan fingerprint density at radius 2 is 1.81 bits per heavy atom. The van der Waals surface area contributed by atoms with Gasteiger partial charge in [-0.15, -0.1) is 12.4 Å². The predicted octanol–water partition coefficient (Wildman–Crippen LogP) is 3.67. The van der Waals surface area contributed by atoms with E-state index in [1.54, 1.807) is 7.11 Å². The minimum atomic E-state index is -0.443. The Balaban J connectivity index is 0.00000261. The molecule has 1 aromatic heterocycles. The zero-order chi connectivity index (χ0) is 18.5. The van der Waals surface area contributed by atoms with Gasteiger partial charge in [0.05, 0.1) is 24.4 Å². The average molecular weight is 388 g/mol. The maximum Gasteiger partial charge on any atom is 0.118 e. The van der Waals surface area contributed by atoms with Crippen LogP contribution in [0.3, 0.4) is 0 Å². The number of aromatic nitrogens is 1. The molecule has 0 fully saturated rings. The van der Waals surface area contributed by atoms with Crippen LogP contribution in [0, 0.1) is 0 Å². The molecule has 3 rings (SSSR count). The van der Waals surface area contributed by atoms with Crippen molar-refractivity contribution in [3.05, 3.63) is 54.6 Å². The number of nitrogens with zero attached hydrogens (tertiary/aromatic N) is 2. The van der Waals surface area contributed by atoms with Crippen LogP contribution in [0.5, 0.6) is 5.75 Å². The molecule has 5 nitrogen and oxygen atoms in total. The Kier molecular flexibility index (Phi) is 7.42. The lowest BCUT2D eigenvalue weighted by Gasteiger charge is -2.18. The van der Waals surface area contributed by atoms with Gasteiger partial charge in [0.1, 0.15) is 5.75 Å². The van der Waals surface area contributed by atoms with Crippen LogP contribution < -0.4 is 10.1 Å². The number of benzene rings is 2. The highest BCUT2D eigenvalue weighted by Crippen LogP contribution is 2.29. The second-order valence-corrected chi connectivity index (χ2v) is 6.60. The molecule has 0 bridgehead atoms. The molecule has 0 amide bonds. The van der Waals surface area contributed by atoms with E-state index in [1.807, 2.05) is 73.6 Å². The van der Waals surface area contributed by atoms with Crippen molar-refractivity contribution >= 4 is 29.0 Å². The summed E-state index contributed by atoms with van der Waals surface area (Å²) in [6.07, 6.45) is -0.443. The number of nitrogens with one attached hydrogen (secondary N) is 1. The van der Waals surface area contributed by atoms with E-state index in [1.165, 1.54) is 0 Å². The molecule has 144 valence electrons. The lowest BCUT2D eigenvalue weighted by molar-refractivity contribution is 0.148. The summed E-state index contributed by atoms with van der Waals surface area (Å²) in [6, 6.07) is 17.9. The fourth-order valence-corrected chi connectivity index (χ4v) is 2.95. The van der Waals surface area contributed by atoms with Crippen LogP contribution in [-0.4, -0.2) is 55.4 Å². The maximum atomic E-state index is 10.2. The topological polar surface area (TPSA) is 57.6 Å². The Bertz CT molecular complexity index is 869. The van der Waals surface area contributed by atoms with Crippen LogP contribution in [0.4, 0.5) is 5.69 Å². The first kappa shape index (κ1) is 21.0. The van der Waals surface area contributed by atoms with Crippen molar-refractivity contribution in [1.29, 1.82) is 0 Å². The number of methoxy groups -OCH3 is 1. The highest BCUT2D eigenvalue weighted by atomic mass is 35.5. The van der Waals surface area contributed by atoms with Gasteiger partial charge in [-0.05, 0) is 50.5 Å². The molecule has 0 spiro atoms. The van der Waals surface area contributed by atoms with Crippen molar-refractivity contribution in [2.45, 2.75) is 6.10 Å². The number of pyridine rings is 1. The summed E-state index contributed by atoms with van der Waals surface area (Å²) in [5.74, 6) is 0.819. The number of fused-ring (bicyclic) bond motifs is 1. The first-order valence-corrected chi connectivity index (χ1v) is 8.67. The molecule has 0 unspecified atom stereocenters. The molecule has 27 heavy (non-hydrogen) atoms. The summed E-state index contributed by atoms with van der Waals surface area (Å²) < 4.78 is 5.23. The van der Waals surface area contributed by atoms with Gasteiger partial charge in [-0.1, -0.05) is 18.2 Å². The quantitative estimate of drug-likeness (QED) is 0.647. The van der Waals surface area contributed by atoms with Crippen molar-refractivity contribution in [1.82, 2.24) is 9.88 Å². The van der Waals surface area contributed by atoms with E-state index < -0.39 is 6.10 Å². The number of rotatable bonds is 7. The van der Waals surface area contributed by atoms with Crippen LogP contribution in [-0.2, 0) is 0 Å². The SMILES string of the molecule is COc1ccc(-c2cc(NC[C@H](O)CN(C)C)c3ccccc3n2)cc1.Cl. The largest absolute Gasteiger partial charge is 0.497 e. The van der Waals surface area contributed by atoms with Crippen LogP contribution in [0.1, 0.15) is 0 Å². The Morgan fingerprint density at radius 1 is 1.11 bits per heavy atom. The van der Waals surface area contributed by atoms with Crippen LogP contribution in [0.25, 0.3) is 22.2 Å². The van der Waals surface area contributed by atoms with Gasteiger partial charge in [-0.25, -0.2) is 4.98 Å². The fourth-order valence-electron chi connectivity index (χ4n) is 2.95. The number of likely N-dealkylation sites (N-methyl/N-ethyl adjacent to an activating group) is 1. The van der Waals surface area contributed by atoms with Gasteiger partial charge in [-0.2, -0.15) is 0 Å². The third-order valence-electron chi connectivity index (χ3n) is 4.21. The molecule has 0 saturated heterocycles. The van der Waals surface area contributed by atoms with Gasteiger partial charge in [0.2, 0.25) is 0 Å². The van der Waals surface area contributed by atoms with E-state index in [4.69, 9.17) is 9.72 Å². The minimum absolute atomic E-state index is 0. The number of anilines is 1. The standard InChI is InChI=1S/C21H25N3O2.ClH/c1-24(2)14-16(25)13-22-21-12-20(15-8-10-17(26-3)11-9-15)23-19-7-5-4-6-18(19)21;/h4-12,16,25H,13-14H2,1-3H3,(H,22,23);1H/t16-;/m0./s1. The van der Waals surface area contributed by atoms with Crippen molar-refractivity contribution in [3.8, 4) is 17.0 Å². The Hall–Kier alpha value is -2.34. The Morgan fingerprint density at radius 3 is 2.48 bits per heavy atom. The molecule has 0 aliphatic carbocycles. The average Bonchev–Trinajstić information content (AvgIpc) is 2.65. The minimum Gasteiger partial charge on any atom is -0.497 e. The molecule has 0 aliphatic rings. The smallest absolute Gasteiger partial charge is 0.118 e. The number of para-hydroxylation sites is 1. The molecule has 3 aromatic rings. The number of aliphatic hydroxyl groups is 1. The normalized spacial score (nSPS) is 11.9. The lowest BCUT2D eigenvalue weighted by atomic mass is 10.1. The molecule has 2 aromatic carbocycles. The van der Waals surface area contributed by atoms with E-state index in [0.717, 1.165) is 33.6 Å². The van der Waals surface area contributed by atoms with E-state index >= 15 is 0 Å². The van der Waals surface area contributed by atoms with Crippen LogP contribution >= 0.6 is 12.4 Å². The van der Waals surface area contributed by atoms with Gasteiger partial charge in [0.25, 0.3) is 0 Å². The molecule has 0 radical (unpaired) electrons. The van der Waals surface area contributed by atoms with Crippen molar-refractivity contribution < 1.29 is 9.84 Å². The van der Waals surface area contributed by atoms with Crippen molar-refractivity contribution in [2.24, 2.45) is 0 Å². The molecule has 1 heterocycles. The number of aliphatic hydroxyl groups excluding tert-OH is 1. The van der Waals surface area contributed by atoms with Crippen molar-refractivity contribution in [3.63, 3.8) is 0 Å². The summed E-state index contributed by atoms with van der Waals surface area (Å²) in [5, 5.41) is 14.6. The molecule has 1 atom stereocenters. The zero-order valence-electron chi connectivity index (χ0n) is 15.8. The fraction of sp³-hybridized carbons (Fsp3) is 0.286. The van der Waals surface area contributed by atoms with E-state index in [2.05, 4.69) is 5.32 Å².